The average Bonchev–Trinajstić information content (AvgIpc) is 2.86. The Morgan fingerprint density at radius 2 is 2.16 bits per heavy atom. The van der Waals surface area contributed by atoms with Gasteiger partial charge in [0.1, 0.15) is 0 Å². The van der Waals surface area contributed by atoms with Crippen LogP contribution in [0.3, 0.4) is 0 Å². The van der Waals surface area contributed by atoms with E-state index in [1.54, 1.807) is 11.3 Å². The summed E-state index contributed by atoms with van der Waals surface area (Å²) >= 11 is 3.17. The summed E-state index contributed by atoms with van der Waals surface area (Å²) in [4.78, 5) is 13.0. The maximum atomic E-state index is 12.3. The molecule has 0 aliphatic carbocycles. The van der Waals surface area contributed by atoms with Gasteiger partial charge >= 0.3 is 0 Å². The molecule has 0 bridgehead atoms. The highest BCUT2D eigenvalue weighted by atomic mass is 32.1. The molecular formula is C14H19NO2S2. The highest BCUT2D eigenvalue weighted by molar-refractivity contribution is 7.27. The topological polar surface area (TPSA) is 49.3 Å². The largest absolute Gasteiger partial charge is 0.396 e. The summed E-state index contributed by atoms with van der Waals surface area (Å²) in [5.41, 5.74) is -0.0625. The molecule has 2 heterocycles. The van der Waals surface area contributed by atoms with Gasteiger partial charge in [0.2, 0.25) is 0 Å². The van der Waals surface area contributed by atoms with Crippen LogP contribution in [0.4, 0.5) is 0 Å². The molecule has 0 aliphatic heterocycles. The van der Waals surface area contributed by atoms with Crippen LogP contribution < -0.4 is 5.32 Å². The highest BCUT2D eigenvalue weighted by Crippen LogP contribution is 2.30. The van der Waals surface area contributed by atoms with Gasteiger partial charge in [-0.05, 0) is 29.3 Å². The predicted octanol–water partition coefficient (Wildman–Crippen LogP) is 3.49. The number of thiophene rings is 2. The standard InChI is InChI=1S/C14H19NO2S2/c1-14(2,3)12(4-6-16)15-13(17)11-8-10-9(19-11)5-7-18-10/h5,7-8,12,16H,4,6H2,1-3H3,(H,15,17). The summed E-state index contributed by atoms with van der Waals surface area (Å²) in [6, 6.07) is 3.96. The fourth-order valence-electron chi connectivity index (χ4n) is 1.96. The number of aliphatic hydroxyl groups is 1. The molecule has 0 saturated heterocycles. The van der Waals surface area contributed by atoms with Crippen LogP contribution in [-0.4, -0.2) is 23.7 Å². The quantitative estimate of drug-likeness (QED) is 0.907. The zero-order valence-electron chi connectivity index (χ0n) is 11.4. The number of amides is 1. The lowest BCUT2D eigenvalue weighted by atomic mass is 9.85. The zero-order valence-corrected chi connectivity index (χ0v) is 13.0. The Bertz CT molecular complexity index is 537. The van der Waals surface area contributed by atoms with Gasteiger partial charge in [0, 0.05) is 22.0 Å². The van der Waals surface area contributed by atoms with Gasteiger partial charge in [-0.2, -0.15) is 0 Å². The summed E-state index contributed by atoms with van der Waals surface area (Å²) in [7, 11) is 0. The Kier molecular flexibility index (Phi) is 4.28. The number of carbonyl (C=O) groups is 1. The molecule has 3 nitrogen and oxygen atoms in total. The third kappa shape index (κ3) is 3.35. The lowest BCUT2D eigenvalue weighted by Gasteiger charge is -2.30. The van der Waals surface area contributed by atoms with Gasteiger partial charge in [0.15, 0.2) is 0 Å². The van der Waals surface area contributed by atoms with Gasteiger partial charge in [-0.3, -0.25) is 4.79 Å². The average molecular weight is 297 g/mol. The van der Waals surface area contributed by atoms with Crippen molar-refractivity contribution < 1.29 is 9.90 Å². The molecule has 5 heteroatoms. The lowest BCUT2D eigenvalue weighted by Crippen LogP contribution is -2.44. The Morgan fingerprint density at radius 3 is 2.74 bits per heavy atom. The molecule has 1 amide bonds. The number of carbonyl (C=O) groups excluding carboxylic acids is 1. The van der Waals surface area contributed by atoms with Crippen LogP contribution in [0.5, 0.6) is 0 Å². The number of nitrogens with one attached hydrogen (secondary N) is 1. The van der Waals surface area contributed by atoms with Gasteiger partial charge in [-0.15, -0.1) is 22.7 Å². The zero-order chi connectivity index (χ0) is 14.0. The van der Waals surface area contributed by atoms with Crippen LogP contribution in [0, 0.1) is 5.41 Å². The summed E-state index contributed by atoms with van der Waals surface area (Å²) < 4.78 is 2.31. The van der Waals surface area contributed by atoms with E-state index in [2.05, 4.69) is 26.1 Å². The molecule has 2 rings (SSSR count). The van der Waals surface area contributed by atoms with Crippen LogP contribution in [0.2, 0.25) is 0 Å². The van der Waals surface area contributed by atoms with E-state index in [1.165, 1.54) is 11.3 Å². The predicted molar refractivity (Wildman–Crippen MR) is 82.1 cm³/mol. The van der Waals surface area contributed by atoms with Crippen molar-refractivity contribution >= 4 is 38.0 Å². The van der Waals surface area contributed by atoms with E-state index >= 15 is 0 Å². The van der Waals surface area contributed by atoms with Gasteiger partial charge in [0.25, 0.3) is 5.91 Å². The minimum Gasteiger partial charge on any atom is -0.396 e. The third-order valence-electron chi connectivity index (χ3n) is 3.13. The lowest BCUT2D eigenvalue weighted by molar-refractivity contribution is 0.0889. The van der Waals surface area contributed by atoms with E-state index in [4.69, 9.17) is 5.11 Å². The molecule has 104 valence electrons. The Hall–Kier alpha value is -0.910. The van der Waals surface area contributed by atoms with E-state index < -0.39 is 0 Å². The van der Waals surface area contributed by atoms with Crippen LogP contribution in [0.1, 0.15) is 36.9 Å². The molecule has 0 fully saturated rings. The fourth-order valence-corrected chi connectivity index (χ4v) is 3.97. The van der Waals surface area contributed by atoms with Gasteiger partial charge in [-0.1, -0.05) is 20.8 Å². The normalized spacial score (nSPS) is 13.7. The van der Waals surface area contributed by atoms with Crippen molar-refractivity contribution in [3.8, 4) is 0 Å². The first-order valence-corrected chi connectivity index (χ1v) is 8.00. The Morgan fingerprint density at radius 1 is 1.42 bits per heavy atom. The maximum Gasteiger partial charge on any atom is 0.261 e. The second-order valence-electron chi connectivity index (χ2n) is 5.66. The van der Waals surface area contributed by atoms with Crippen molar-refractivity contribution in [2.75, 3.05) is 6.61 Å². The Labute approximate surface area is 121 Å². The monoisotopic (exact) mass is 297 g/mol. The summed E-state index contributed by atoms with van der Waals surface area (Å²) in [5.74, 6) is -0.0400. The fraction of sp³-hybridized carbons (Fsp3) is 0.500. The van der Waals surface area contributed by atoms with E-state index in [9.17, 15) is 4.79 Å². The number of aliphatic hydroxyl groups excluding tert-OH is 1. The molecule has 2 aromatic rings. The molecule has 0 aliphatic rings. The number of fused-ring (bicyclic) bond motifs is 1. The SMILES string of the molecule is CC(C)(C)C(CCO)NC(=O)c1cc2sccc2s1. The smallest absolute Gasteiger partial charge is 0.261 e. The molecule has 0 saturated carbocycles. The molecule has 19 heavy (non-hydrogen) atoms. The molecular weight excluding hydrogens is 278 g/mol. The number of hydrogen-bond acceptors (Lipinski definition) is 4. The molecule has 1 unspecified atom stereocenters. The van der Waals surface area contributed by atoms with Crippen LogP contribution in [0.15, 0.2) is 17.5 Å². The minimum atomic E-state index is -0.0625. The van der Waals surface area contributed by atoms with E-state index in [1.807, 2.05) is 17.5 Å². The van der Waals surface area contributed by atoms with Crippen molar-refractivity contribution in [2.24, 2.45) is 5.41 Å². The molecule has 2 aromatic heterocycles. The second-order valence-corrected chi connectivity index (χ2v) is 7.70. The first kappa shape index (κ1) is 14.5. The van der Waals surface area contributed by atoms with Crippen molar-refractivity contribution in [2.45, 2.75) is 33.2 Å². The highest BCUT2D eigenvalue weighted by Gasteiger charge is 2.26. The third-order valence-corrected chi connectivity index (χ3v) is 5.22. The van der Waals surface area contributed by atoms with Crippen LogP contribution in [-0.2, 0) is 0 Å². The van der Waals surface area contributed by atoms with Crippen LogP contribution >= 0.6 is 22.7 Å². The maximum absolute atomic E-state index is 12.3. The summed E-state index contributed by atoms with van der Waals surface area (Å²) in [6.07, 6.45) is 0.578. The molecule has 0 spiro atoms. The number of hydrogen-bond donors (Lipinski definition) is 2. The molecule has 0 radical (unpaired) electrons. The summed E-state index contributed by atoms with van der Waals surface area (Å²) in [5, 5.41) is 14.2. The first-order chi connectivity index (χ1) is 8.91. The number of rotatable bonds is 4. The van der Waals surface area contributed by atoms with Crippen molar-refractivity contribution in [3.05, 3.63) is 22.4 Å². The van der Waals surface area contributed by atoms with Gasteiger partial charge in [-0.25, -0.2) is 0 Å². The Balaban J connectivity index is 2.13. The van der Waals surface area contributed by atoms with E-state index in [0.29, 0.717) is 6.42 Å². The second kappa shape index (κ2) is 5.61. The van der Waals surface area contributed by atoms with Gasteiger partial charge in [0.05, 0.1) is 4.88 Å². The molecule has 2 N–H and O–H groups in total. The van der Waals surface area contributed by atoms with Crippen molar-refractivity contribution in [1.82, 2.24) is 5.32 Å². The molecule has 1 atom stereocenters. The first-order valence-electron chi connectivity index (χ1n) is 6.30. The van der Waals surface area contributed by atoms with Crippen molar-refractivity contribution in [1.29, 1.82) is 0 Å². The summed E-state index contributed by atoms with van der Waals surface area (Å²) in [6.45, 7) is 6.30. The van der Waals surface area contributed by atoms with Gasteiger partial charge < -0.3 is 10.4 Å². The van der Waals surface area contributed by atoms with Crippen molar-refractivity contribution in [3.63, 3.8) is 0 Å². The van der Waals surface area contributed by atoms with E-state index in [-0.39, 0.29) is 24.0 Å². The molecule has 0 aromatic carbocycles. The van der Waals surface area contributed by atoms with Crippen LogP contribution in [0.25, 0.3) is 9.40 Å². The minimum absolute atomic E-state index is 0.0230. The van der Waals surface area contributed by atoms with E-state index in [0.717, 1.165) is 14.3 Å².